The third kappa shape index (κ3) is 6.07. The number of hydrogen-bond donors (Lipinski definition) is 3. The first-order valence-corrected chi connectivity index (χ1v) is 17.1. The van der Waals surface area contributed by atoms with Gasteiger partial charge in [0.05, 0.1) is 22.9 Å². The fourth-order valence-electron chi connectivity index (χ4n) is 5.64. The van der Waals surface area contributed by atoms with Crippen LogP contribution >= 0.6 is 7.14 Å². The monoisotopic (exact) mass is 573 g/mol. The third-order valence-corrected chi connectivity index (χ3v) is 9.80. The van der Waals surface area contributed by atoms with Gasteiger partial charge in [-0.15, -0.1) is 0 Å². The summed E-state index contributed by atoms with van der Waals surface area (Å²) in [6.45, 7) is 5.60. The summed E-state index contributed by atoms with van der Waals surface area (Å²) in [7, 11) is 1.85. The number of nitrogens with zero attached hydrogens (tertiary/aromatic N) is 4. The highest BCUT2D eigenvalue weighted by atomic mass is 31.2. The van der Waals surface area contributed by atoms with Crippen molar-refractivity contribution in [2.75, 3.05) is 56.0 Å². The average molecular weight is 574 g/mol. The SMILES string of the molecule is CN(C)C1CCN(c2ccc(Nc3nc(Nc4ccccc4P(C)(C)=O)c4cc[nH]c4n3)cc2OC2CCC2)CC1. The number of aromatic nitrogens is 3. The summed E-state index contributed by atoms with van der Waals surface area (Å²) in [6, 6.07) is 16.6. The molecule has 6 rings (SSSR count). The van der Waals surface area contributed by atoms with E-state index < -0.39 is 7.14 Å². The molecule has 2 aromatic carbocycles. The summed E-state index contributed by atoms with van der Waals surface area (Å²) in [5, 5.41) is 8.50. The summed E-state index contributed by atoms with van der Waals surface area (Å²) < 4.78 is 19.5. The van der Waals surface area contributed by atoms with Gasteiger partial charge in [0.1, 0.15) is 24.4 Å². The molecule has 2 fully saturated rings. The van der Waals surface area contributed by atoms with Gasteiger partial charge in [0.25, 0.3) is 0 Å². The van der Waals surface area contributed by atoms with Gasteiger partial charge in [0, 0.05) is 42.4 Å². The maximum atomic E-state index is 13.0. The first kappa shape index (κ1) is 27.6. The molecule has 1 saturated heterocycles. The lowest BCUT2D eigenvalue weighted by atomic mass is 9.96. The second-order valence-electron chi connectivity index (χ2n) is 11.8. The Morgan fingerprint density at radius 2 is 1.78 bits per heavy atom. The van der Waals surface area contributed by atoms with Crippen molar-refractivity contribution in [1.29, 1.82) is 0 Å². The smallest absolute Gasteiger partial charge is 0.231 e. The van der Waals surface area contributed by atoms with Gasteiger partial charge in [0.15, 0.2) is 0 Å². The molecule has 0 atom stereocenters. The van der Waals surface area contributed by atoms with Gasteiger partial charge in [-0.2, -0.15) is 9.97 Å². The zero-order valence-electron chi connectivity index (χ0n) is 24.4. The summed E-state index contributed by atoms with van der Waals surface area (Å²) in [5.41, 5.74) is 3.52. The van der Waals surface area contributed by atoms with E-state index in [9.17, 15) is 4.57 Å². The van der Waals surface area contributed by atoms with E-state index >= 15 is 0 Å². The Kier molecular flexibility index (Phi) is 7.66. The van der Waals surface area contributed by atoms with Crippen molar-refractivity contribution in [3.63, 3.8) is 0 Å². The molecule has 3 heterocycles. The Labute approximate surface area is 242 Å². The molecule has 216 valence electrons. The van der Waals surface area contributed by atoms with Gasteiger partial charge in [-0.3, -0.25) is 0 Å². The van der Waals surface area contributed by atoms with Crippen molar-refractivity contribution in [1.82, 2.24) is 19.9 Å². The lowest BCUT2D eigenvalue weighted by Gasteiger charge is -2.38. The number of piperidine rings is 1. The first-order chi connectivity index (χ1) is 19.7. The van der Waals surface area contributed by atoms with Crippen LogP contribution in [0.15, 0.2) is 54.7 Å². The van der Waals surface area contributed by atoms with Crippen molar-refractivity contribution in [2.45, 2.75) is 44.2 Å². The highest BCUT2D eigenvalue weighted by Crippen LogP contribution is 2.40. The van der Waals surface area contributed by atoms with Crippen LogP contribution in [-0.2, 0) is 4.57 Å². The maximum absolute atomic E-state index is 13.0. The summed E-state index contributed by atoms with van der Waals surface area (Å²) in [5.74, 6) is 2.02. The largest absolute Gasteiger partial charge is 0.488 e. The van der Waals surface area contributed by atoms with Gasteiger partial charge in [-0.05, 0) is 89.9 Å². The topological polar surface area (TPSA) is 98.4 Å². The highest BCUT2D eigenvalue weighted by molar-refractivity contribution is 7.70. The predicted octanol–water partition coefficient (Wildman–Crippen LogP) is 6.15. The number of hydrogen-bond acceptors (Lipinski definition) is 8. The number of aromatic amines is 1. The molecule has 10 heteroatoms. The highest BCUT2D eigenvalue weighted by Gasteiger charge is 2.26. The Hall–Kier alpha value is -3.55. The lowest BCUT2D eigenvalue weighted by molar-refractivity contribution is 0.120. The molecular formula is C31H40N7O2P. The molecule has 3 N–H and O–H groups in total. The minimum absolute atomic E-state index is 0.277. The van der Waals surface area contributed by atoms with Gasteiger partial charge in [-0.25, -0.2) is 0 Å². The molecular weight excluding hydrogens is 533 g/mol. The van der Waals surface area contributed by atoms with Crippen LogP contribution in [0.5, 0.6) is 5.75 Å². The van der Waals surface area contributed by atoms with Crippen molar-refractivity contribution >= 4 is 52.3 Å². The maximum Gasteiger partial charge on any atom is 0.231 e. The van der Waals surface area contributed by atoms with E-state index in [0.29, 0.717) is 23.5 Å². The van der Waals surface area contributed by atoms with Crippen molar-refractivity contribution < 1.29 is 9.30 Å². The third-order valence-electron chi connectivity index (χ3n) is 8.25. The number of H-pyrrole nitrogens is 1. The van der Waals surface area contributed by atoms with Gasteiger partial charge < -0.3 is 34.7 Å². The summed E-state index contributed by atoms with van der Waals surface area (Å²) >= 11 is 0. The van der Waals surface area contributed by atoms with Crippen LogP contribution in [0.1, 0.15) is 32.1 Å². The molecule has 41 heavy (non-hydrogen) atoms. The van der Waals surface area contributed by atoms with Crippen LogP contribution in [-0.4, -0.2) is 72.5 Å². The number of benzene rings is 2. The second kappa shape index (κ2) is 11.4. The molecule has 2 aliphatic rings. The minimum Gasteiger partial charge on any atom is -0.488 e. The van der Waals surface area contributed by atoms with Crippen molar-refractivity contribution in [2.24, 2.45) is 0 Å². The molecule has 1 aliphatic carbocycles. The van der Waals surface area contributed by atoms with Gasteiger partial charge in [0.2, 0.25) is 5.95 Å². The predicted molar refractivity (Wildman–Crippen MR) is 170 cm³/mol. The molecule has 4 aromatic rings. The lowest BCUT2D eigenvalue weighted by Crippen LogP contribution is -2.42. The van der Waals surface area contributed by atoms with Crippen LogP contribution in [0.25, 0.3) is 11.0 Å². The minimum atomic E-state index is -2.50. The number of nitrogens with one attached hydrogen (secondary N) is 3. The zero-order valence-corrected chi connectivity index (χ0v) is 25.2. The van der Waals surface area contributed by atoms with E-state index in [4.69, 9.17) is 14.7 Å². The molecule has 0 unspecified atom stereocenters. The van der Waals surface area contributed by atoms with Crippen LogP contribution in [0, 0.1) is 0 Å². The fourth-order valence-corrected chi connectivity index (χ4v) is 6.79. The summed E-state index contributed by atoms with van der Waals surface area (Å²) in [6.07, 6.45) is 7.84. The van der Waals surface area contributed by atoms with Crippen LogP contribution in [0.2, 0.25) is 0 Å². The molecule has 0 bridgehead atoms. The number of fused-ring (bicyclic) bond motifs is 1. The van der Waals surface area contributed by atoms with Crippen LogP contribution < -0.4 is 25.6 Å². The molecule has 0 amide bonds. The van der Waals surface area contributed by atoms with Gasteiger partial charge >= 0.3 is 0 Å². The summed E-state index contributed by atoms with van der Waals surface area (Å²) in [4.78, 5) is 17.6. The number of para-hydroxylation sites is 1. The Morgan fingerprint density at radius 1 is 1.00 bits per heavy atom. The Balaban J connectivity index is 1.28. The van der Waals surface area contributed by atoms with E-state index in [0.717, 1.165) is 72.3 Å². The Bertz CT molecular complexity index is 1570. The van der Waals surface area contributed by atoms with E-state index in [2.05, 4.69) is 57.7 Å². The molecule has 0 radical (unpaired) electrons. The molecule has 0 spiro atoms. The number of anilines is 5. The van der Waals surface area contributed by atoms with E-state index in [1.54, 1.807) is 13.3 Å². The Morgan fingerprint density at radius 3 is 2.49 bits per heavy atom. The second-order valence-corrected chi connectivity index (χ2v) is 15.0. The van der Waals surface area contributed by atoms with Crippen molar-refractivity contribution in [3.05, 3.63) is 54.7 Å². The van der Waals surface area contributed by atoms with E-state index in [-0.39, 0.29) is 6.10 Å². The quantitative estimate of drug-likeness (QED) is 0.205. The average Bonchev–Trinajstić information content (AvgIpc) is 3.40. The van der Waals surface area contributed by atoms with Crippen molar-refractivity contribution in [3.8, 4) is 5.75 Å². The van der Waals surface area contributed by atoms with Gasteiger partial charge in [-0.1, -0.05) is 12.1 Å². The normalized spacial score (nSPS) is 16.7. The van der Waals surface area contributed by atoms with E-state index in [1.807, 2.05) is 36.5 Å². The molecule has 9 nitrogen and oxygen atoms in total. The molecule has 1 aliphatic heterocycles. The van der Waals surface area contributed by atoms with E-state index in [1.165, 1.54) is 6.42 Å². The number of ether oxygens (including phenoxy) is 1. The molecule has 1 saturated carbocycles. The number of rotatable bonds is 9. The standard InChI is InChI=1S/C31H40N7O2P/c1-37(2)22-15-18-38(19-16-22)26-13-12-21(20-27(26)40-23-8-7-9-23)33-31-35-29-24(14-17-32-29)30(36-31)34-25-10-5-6-11-28(25)41(3,4)39/h5-6,10-14,17,20,22-23H,7-9,15-16,18-19H2,1-4H3,(H3,32,33,34,35,36). The first-order valence-electron chi connectivity index (χ1n) is 14.5. The molecule has 2 aromatic heterocycles. The fraction of sp³-hybridized carbons (Fsp3) is 0.419. The zero-order chi connectivity index (χ0) is 28.6. The van der Waals surface area contributed by atoms with Crippen LogP contribution in [0.3, 0.4) is 0 Å². The van der Waals surface area contributed by atoms with Crippen LogP contribution in [0.4, 0.5) is 28.8 Å².